The van der Waals surface area contributed by atoms with Gasteiger partial charge in [-0.3, -0.25) is 4.90 Å². The minimum atomic E-state index is -0.00330. The highest BCUT2D eigenvalue weighted by Gasteiger charge is 2.39. The standard InChI is InChI=1S/C18H25FN2/c1-2-21(14-10-12-6-7-13(11-14)20-12)18-9-8-15-16(18)4-3-5-17(15)19/h3-5,12-14,18,20H,2,6-11H2,1H3. The largest absolute Gasteiger partial charge is 0.311 e. The van der Waals surface area contributed by atoms with Crippen LogP contribution in [0.4, 0.5) is 4.39 Å². The highest BCUT2D eigenvalue weighted by molar-refractivity contribution is 5.36. The molecule has 0 aromatic heterocycles. The predicted octanol–water partition coefficient (Wildman–Crippen LogP) is 3.42. The van der Waals surface area contributed by atoms with Crippen LogP contribution in [0.25, 0.3) is 0 Å². The molecule has 4 rings (SSSR count). The van der Waals surface area contributed by atoms with Gasteiger partial charge in [0.15, 0.2) is 0 Å². The van der Waals surface area contributed by atoms with Crippen LogP contribution in [0.2, 0.25) is 0 Å². The van der Waals surface area contributed by atoms with E-state index in [1.165, 1.54) is 31.2 Å². The number of fused-ring (bicyclic) bond motifs is 3. The van der Waals surface area contributed by atoms with Crippen LogP contribution in [0.15, 0.2) is 18.2 Å². The Morgan fingerprint density at radius 2 is 1.95 bits per heavy atom. The zero-order valence-electron chi connectivity index (χ0n) is 12.8. The van der Waals surface area contributed by atoms with Crippen LogP contribution in [0.3, 0.4) is 0 Å². The summed E-state index contributed by atoms with van der Waals surface area (Å²) in [6.07, 6.45) is 7.21. The number of hydrogen-bond acceptors (Lipinski definition) is 2. The summed E-state index contributed by atoms with van der Waals surface area (Å²) in [6.45, 7) is 3.34. The van der Waals surface area contributed by atoms with Gasteiger partial charge in [0.05, 0.1) is 0 Å². The fourth-order valence-electron chi connectivity index (χ4n) is 4.96. The zero-order chi connectivity index (χ0) is 14.4. The maximum atomic E-state index is 14.0. The van der Waals surface area contributed by atoms with Crippen molar-refractivity contribution < 1.29 is 4.39 Å². The van der Waals surface area contributed by atoms with Gasteiger partial charge in [0.25, 0.3) is 0 Å². The summed E-state index contributed by atoms with van der Waals surface area (Å²) in [5.74, 6) is -0.00330. The molecule has 1 aromatic carbocycles. The normalized spacial score (nSPS) is 34.4. The molecule has 0 radical (unpaired) electrons. The first-order valence-corrected chi connectivity index (χ1v) is 8.55. The molecule has 2 bridgehead atoms. The lowest BCUT2D eigenvalue weighted by atomic mass is 9.95. The van der Waals surface area contributed by atoms with Crippen molar-refractivity contribution in [3.8, 4) is 0 Å². The Morgan fingerprint density at radius 3 is 2.67 bits per heavy atom. The Kier molecular flexibility index (Phi) is 3.50. The SMILES string of the molecule is CCN(C1CC2CCC(C1)N2)C1CCc2c(F)cccc21. The summed E-state index contributed by atoms with van der Waals surface area (Å²) in [6, 6.07) is 8.19. The number of halogens is 1. The molecule has 2 aliphatic heterocycles. The number of benzene rings is 1. The van der Waals surface area contributed by atoms with Gasteiger partial charge in [-0.2, -0.15) is 0 Å². The van der Waals surface area contributed by atoms with E-state index in [2.05, 4.69) is 23.2 Å². The van der Waals surface area contributed by atoms with Crippen molar-refractivity contribution in [1.29, 1.82) is 0 Å². The summed E-state index contributed by atoms with van der Waals surface area (Å²) in [4.78, 5) is 2.66. The molecule has 0 amide bonds. The molecular weight excluding hydrogens is 263 g/mol. The lowest BCUT2D eigenvalue weighted by Crippen LogP contribution is -2.49. The summed E-state index contributed by atoms with van der Waals surface area (Å²) in [7, 11) is 0. The maximum absolute atomic E-state index is 14.0. The molecule has 2 saturated heterocycles. The van der Waals surface area contributed by atoms with Gasteiger partial charge >= 0.3 is 0 Å². The minimum Gasteiger partial charge on any atom is -0.311 e. The fourth-order valence-corrected chi connectivity index (χ4v) is 4.96. The van der Waals surface area contributed by atoms with Crippen LogP contribution in [0.1, 0.15) is 56.2 Å². The van der Waals surface area contributed by atoms with Crippen LogP contribution in [-0.4, -0.2) is 29.6 Å². The number of nitrogens with one attached hydrogen (secondary N) is 1. The van der Waals surface area contributed by atoms with E-state index >= 15 is 0 Å². The maximum Gasteiger partial charge on any atom is 0.126 e. The summed E-state index contributed by atoms with van der Waals surface area (Å²) in [5, 5.41) is 3.73. The van der Waals surface area contributed by atoms with Crippen LogP contribution in [-0.2, 0) is 6.42 Å². The first kappa shape index (κ1) is 13.7. The van der Waals surface area contributed by atoms with Crippen molar-refractivity contribution in [1.82, 2.24) is 10.2 Å². The summed E-state index contributed by atoms with van der Waals surface area (Å²) in [5.41, 5.74) is 2.22. The number of piperidine rings is 1. The molecular formula is C18H25FN2. The third kappa shape index (κ3) is 2.31. The molecule has 2 fully saturated rings. The molecule has 2 nitrogen and oxygen atoms in total. The quantitative estimate of drug-likeness (QED) is 0.917. The van der Waals surface area contributed by atoms with Gasteiger partial charge < -0.3 is 5.32 Å². The second-order valence-electron chi connectivity index (χ2n) is 6.96. The molecule has 3 aliphatic rings. The Hall–Kier alpha value is -0.930. The van der Waals surface area contributed by atoms with Gasteiger partial charge in [0, 0.05) is 24.2 Å². The number of rotatable bonds is 3. The van der Waals surface area contributed by atoms with Gasteiger partial charge in [-0.25, -0.2) is 4.39 Å². The van der Waals surface area contributed by atoms with Crippen LogP contribution in [0.5, 0.6) is 0 Å². The minimum absolute atomic E-state index is 0.00330. The van der Waals surface area contributed by atoms with Crippen molar-refractivity contribution >= 4 is 0 Å². The molecule has 0 spiro atoms. The molecule has 21 heavy (non-hydrogen) atoms. The number of nitrogens with zero attached hydrogens (tertiary/aromatic N) is 1. The molecule has 1 aromatic rings. The van der Waals surface area contributed by atoms with Gasteiger partial charge in [0.2, 0.25) is 0 Å². The van der Waals surface area contributed by atoms with Crippen LogP contribution in [0, 0.1) is 5.82 Å². The van der Waals surface area contributed by atoms with E-state index in [0.29, 0.717) is 12.1 Å². The van der Waals surface area contributed by atoms with Crippen molar-refractivity contribution in [3.63, 3.8) is 0 Å². The van der Waals surface area contributed by atoms with E-state index in [1.54, 1.807) is 6.07 Å². The molecule has 3 heteroatoms. The fraction of sp³-hybridized carbons (Fsp3) is 0.667. The second kappa shape index (κ2) is 5.36. The van der Waals surface area contributed by atoms with E-state index in [-0.39, 0.29) is 5.82 Å². The number of hydrogen-bond donors (Lipinski definition) is 1. The van der Waals surface area contributed by atoms with Crippen molar-refractivity contribution in [2.75, 3.05) is 6.54 Å². The Morgan fingerprint density at radius 1 is 1.19 bits per heavy atom. The molecule has 1 aliphatic carbocycles. The van der Waals surface area contributed by atoms with Crippen molar-refractivity contribution in [2.45, 2.75) is 69.6 Å². The van der Waals surface area contributed by atoms with E-state index < -0.39 is 0 Å². The summed E-state index contributed by atoms with van der Waals surface area (Å²) < 4.78 is 14.0. The smallest absolute Gasteiger partial charge is 0.126 e. The average Bonchev–Trinajstić information content (AvgIpc) is 3.05. The van der Waals surface area contributed by atoms with Crippen molar-refractivity contribution in [3.05, 3.63) is 35.1 Å². The van der Waals surface area contributed by atoms with E-state index in [9.17, 15) is 4.39 Å². The van der Waals surface area contributed by atoms with Gasteiger partial charge in [0.1, 0.15) is 5.82 Å². The Balaban J connectivity index is 1.59. The molecule has 3 unspecified atom stereocenters. The van der Waals surface area contributed by atoms with Crippen LogP contribution < -0.4 is 5.32 Å². The first-order valence-electron chi connectivity index (χ1n) is 8.55. The molecule has 1 N–H and O–H groups in total. The lowest BCUT2D eigenvalue weighted by molar-refractivity contribution is 0.0995. The predicted molar refractivity (Wildman–Crippen MR) is 82.8 cm³/mol. The third-order valence-electron chi connectivity index (χ3n) is 5.86. The zero-order valence-corrected chi connectivity index (χ0v) is 12.8. The Labute approximate surface area is 126 Å². The summed E-state index contributed by atoms with van der Waals surface area (Å²) >= 11 is 0. The molecule has 2 heterocycles. The monoisotopic (exact) mass is 288 g/mol. The second-order valence-corrected chi connectivity index (χ2v) is 6.96. The van der Waals surface area contributed by atoms with Gasteiger partial charge in [-0.05, 0) is 62.3 Å². The highest BCUT2D eigenvalue weighted by Crippen LogP contribution is 2.41. The van der Waals surface area contributed by atoms with Gasteiger partial charge in [-0.15, -0.1) is 0 Å². The molecule has 114 valence electrons. The third-order valence-corrected chi connectivity index (χ3v) is 5.86. The van der Waals surface area contributed by atoms with E-state index in [4.69, 9.17) is 0 Å². The van der Waals surface area contributed by atoms with E-state index in [0.717, 1.165) is 37.0 Å². The highest BCUT2D eigenvalue weighted by atomic mass is 19.1. The van der Waals surface area contributed by atoms with Crippen LogP contribution >= 0.6 is 0 Å². The average molecular weight is 288 g/mol. The first-order chi connectivity index (χ1) is 10.3. The lowest BCUT2D eigenvalue weighted by Gasteiger charge is -2.41. The van der Waals surface area contributed by atoms with Gasteiger partial charge in [-0.1, -0.05) is 19.1 Å². The molecule has 3 atom stereocenters. The molecule has 0 saturated carbocycles. The Bertz CT molecular complexity index is 518. The van der Waals surface area contributed by atoms with E-state index in [1.807, 2.05) is 6.07 Å². The topological polar surface area (TPSA) is 15.3 Å². The van der Waals surface area contributed by atoms with Crippen molar-refractivity contribution in [2.24, 2.45) is 0 Å².